The van der Waals surface area contributed by atoms with E-state index < -0.39 is 0 Å². The van der Waals surface area contributed by atoms with E-state index in [9.17, 15) is 0 Å². The lowest BCUT2D eigenvalue weighted by atomic mass is 9.65. The third kappa shape index (κ3) is 5.85. The fourth-order valence-electron chi connectivity index (χ4n) is 3.47. The van der Waals surface area contributed by atoms with Gasteiger partial charge in [0.2, 0.25) is 0 Å². The Morgan fingerprint density at radius 1 is 0.895 bits per heavy atom. The largest absolute Gasteiger partial charge is 0.313 e. The van der Waals surface area contributed by atoms with Gasteiger partial charge in [-0.05, 0) is 37.5 Å². The Labute approximate surface area is 120 Å². The van der Waals surface area contributed by atoms with Gasteiger partial charge < -0.3 is 5.32 Å². The fourth-order valence-corrected chi connectivity index (χ4v) is 3.47. The molecule has 0 aromatic heterocycles. The maximum Gasteiger partial charge on any atom is 0.00684 e. The molecule has 0 unspecified atom stereocenters. The van der Waals surface area contributed by atoms with Gasteiger partial charge in [0.15, 0.2) is 0 Å². The fraction of sp³-hybridized carbons (Fsp3) is 1.00. The summed E-state index contributed by atoms with van der Waals surface area (Å²) in [5.74, 6) is 0. The molecule has 2 fully saturated rings. The molecular formula is C18H35N. The van der Waals surface area contributed by atoms with Crippen molar-refractivity contribution in [2.45, 2.75) is 103 Å². The molecule has 0 radical (unpaired) electrons. The Morgan fingerprint density at radius 3 is 2.05 bits per heavy atom. The molecule has 0 spiro atoms. The minimum absolute atomic E-state index is 0.727. The molecule has 2 aliphatic carbocycles. The molecule has 0 saturated heterocycles. The van der Waals surface area contributed by atoms with Crippen molar-refractivity contribution >= 4 is 0 Å². The molecule has 1 nitrogen and oxygen atoms in total. The summed E-state index contributed by atoms with van der Waals surface area (Å²) in [5.41, 5.74) is 0.727. The van der Waals surface area contributed by atoms with Gasteiger partial charge in [-0.2, -0.15) is 0 Å². The Hall–Kier alpha value is -0.0400. The topological polar surface area (TPSA) is 12.0 Å². The van der Waals surface area contributed by atoms with Crippen LogP contribution in [-0.4, -0.2) is 12.6 Å². The van der Waals surface area contributed by atoms with Crippen LogP contribution in [0.15, 0.2) is 0 Å². The Morgan fingerprint density at radius 2 is 1.53 bits per heavy atom. The standard InChI is InChI=1S/C18H35N/c1-2-3-4-5-6-7-8-9-13-18(14-10-15-18)16-19-17-11-12-17/h17,19H,2-16H2,1H3. The second-order valence-corrected chi connectivity index (χ2v) is 7.23. The van der Waals surface area contributed by atoms with Crippen LogP contribution in [0.5, 0.6) is 0 Å². The molecule has 0 heterocycles. The van der Waals surface area contributed by atoms with Crippen molar-refractivity contribution in [1.82, 2.24) is 5.32 Å². The van der Waals surface area contributed by atoms with Crippen LogP contribution in [0.1, 0.15) is 96.8 Å². The van der Waals surface area contributed by atoms with Crippen LogP contribution in [0.25, 0.3) is 0 Å². The molecule has 0 aromatic rings. The molecule has 0 amide bonds. The summed E-state index contributed by atoms with van der Waals surface area (Å²) in [7, 11) is 0. The molecular weight excluding hydrogens is 230 g/mol. The molecule has 0 aliphatic heterocycles. The molecule has 0 atom stereocenters. The average Bonchev–Trinajstić information content (AvgIpc) is 3.18. The van der Waals surface area contributed by atoms with E-state index in [0.29, 0.717) is 0 Å². The van der Waals surface area contributed by atoms with E-state index in [1.54, 1.807) is 0 Å². The molecule has 2 saturated carbocycles. The molecule has 19 heavy (non-hydrogen) atoms. The van der Waals surface area contributed by atoms with E-state index in [-0.39, 0.29) is 0 Å². The van der Waals surface area contributed by atoms with Gasteiger partial charge in [-0.1, -0.05) is 64.7 Å². The predicted molar refractivity (Wildman–Crippen MR) is 84.5 cm³/mol. The third-order valence-electron chi connectivity index (χ3n) is 5.32. The van der Waals surface area contributed by atoms with E-state index in [4.69, 9.17) is 0 Å². The van der Waals surface area contributed by atoms with Crippen molar-refractivity contribution in [2.75, 3.05) is 6.54 Å². The van der Waals surface area contributed by atoms with Gasteiger partial charge in [0.25, 0.3) is 0 Å². The maximum atomic E-state index is 3.77. The summed E-state index contributed by atoms with van der Waals surface area (Å²) in [4.78, 5) is 0. The smallest absolute Gasteiger partial charge is 0.00684 e. The third-order valence-corrected chi connectivity index (χ3v) is 5.32. The Kier molecular flexibility index (Phi) is 6.70. The molecule has 2 rings (SSSR count). The van der Waals surface area contributed by atoms with Crippen LogP contribution in [0.3, 0.4) is 0 Å². The zero-order valence-electron chi connectivity index (χ0n) is 13.2. The van der Waals surface area contributed by atoms with Crippen LogP contribution >= 0.6 is 0 Å². The SMILES string of the molecule is CCCCCCCCCCC1(CNC2CC2)CCC1. The summed E-state index contributed by atoms with van der Waals surface area (Å²) < 4.78 is 0. The van der Waals surface area contributed by atoms with Crippen LogP contribution in [0.4, 0.5) is 0 Å². The molecule has 1 N–H and O–H groups in total. The van der Waals surface area contributed by atoms with Crippen LogP contribution in [0, 0.1) is 5.41 Å². The van der Waals surface area contributed by atoms with Crippen molar-refractivity contribution in [1.29, 1.82) is 0 Å². The van der Waals surface area contributed by atoms with Crippen molar-refractivity contribution in [2.24, 2.45) is 5.41 Å². The number of nitrogens with one attached hydrogen (secondary N) is 1. The predicted octanol–water partition coefficient (Wildman–Crippen LogP) is 5.44. The molecule has 0 aromatic carbocycles. The van der Waals surface area contributed by atoms with Crippen molar-refractivity contribution in [3.8, 4) is 0 Å². The lowest BCUT2D eigenvalue weighted by Crippen LogP contribution is -2.40. The van der Waals surface area contributed by atoms with Crippen molar-refractivity contribution in [3.05, 3.63) is 0 Å². The van der Waals surface area contributed by atoms with Crippen molar-refractivity contribution in [3.63, 3.8) is 0 Å². The molecule has 112 valence electrons. The summed E-state index contributed by atoms with van der Waals surface area (Å²) >= 11 is 0. The summed E-state index contributed by atoms with van der Waals surface area (Å²) in [6.45, 7) is 3.63. The van der Waals surface area contributed by atoms with Gasteiger partial charge in [0.05, 0.1) is 0 Å². The molecule has 1 heteroatoms. The zero-order chi connectivity index (χ0) is 13.4. The van der Waals surface area contributed by atoms with E-state index >= 15 is 0 Å². The van der Waals surface area contributed by atoms with Gasteiger partial charge in [-0.15, -0.1) is 0 Å². The lowest BCUT2D eigenvalue weighted by Gasteiger charge is -2.42. The lowest BCUT2D eigenvalue weighted by molar-refractivity contribution is 0.112. The first-order valence-corrected chi connectivity index (χ1v) is 9.08. The number of unbranched alkanes of at least 4 members (excludes halogenated alkanes) is 7. The summed E-state index contributed by atoms with van der Waals surface area (Å²) in [6.07, 6.45) is 20.6. The second kappa shape index (κ2) is 8.29. The van der Waals surface area contributed by atoms with Crippen LogP contribution < -0.4 is 5.32 Å². The highest BCUT2D eigenvalue weighted by atomic mass is 15.0. The number of rotatable bonds is 12. The van der Waals surface area contributed by atoms with E-state index in [0.717, 1.165) is 11.5 Å². The van der Waals surface area contributed by atoms with E-state index in [1.165, 1.54) is 96.4 Å². The normalized spacial score (nSPS) is 21.3. The highest BCUT2D eigenvalue weighted by molar-refractivity contribution is 4.92. The highest BCUT2D eigenvalue weighted by Crippen LogP contribution is 2.45. The Bertz CT molecular complexity index is 228. The molecule has 2 aliphatic rings. The van der Waals surface area contributed by atoms with Gasteiger partial charge in [0, 0.05) is 12.6 Å². The van der Waals surface area contributed by atoms with Gasteiger partial charge in [-0.25, -0.2) is 0 Å². The van der Waals surface area contributed by atoms with Crippen molar-refractivity contribution < 1.29 is 0 Å². The molecule has 0 bridgehead atoms. The summed E-state index contributed by atoms with van der Waals surface area (Å²) in [6, 6.07) is 0.899. The maximum absolute atomic E-state index is 3.77. The summed E-state index contributed by atoms with van der Waals surface area (Å²) in [5, 5.41) is 3.77. The first-order valence-electron chi connectivity index (χ1n) is 9.08. The average molecular weight is 265 g/mol. The van der Waals surface area contributed by atoms with E-state index in [1.807, 2.05) is 0 Å². The Balaban J connectivity index is 1.44. The first kappa shape index (κ1) is 15.4. The monoisotopic (exact) mass is 265 g/mol. The van der Waals surface area contributed by atoms with Gasteiger partial charge in [0.1, 0.15) is 0 Å². The minimum Gasteiger partial charge on any atom is -0.313 e. The number of hydrogen-bond acceptors (Lipinski definition) is 1. The van der Waals surface area contributed by atoms with Gasteiger partial charge in [-0.3, -0.25) is 0 Å². The minimum atomic E-state index is 0.727. The first-order chi connectivity index (χ1) is 9.35. The van der Waals surface area contributed by atoms with Crippen LogP contribution in [-0.2, 0) is 0 Å². The zero-order valence-corrected chi connectivity index (χ0v) is 13.2. The van der Waals surface area contributed by atoms with Crippen LogP contribution in [0.2, 0.25) is 0 Å². The second-order valence-electron chi connectivity index (χ2n) is 7.23. The highest BCUT2D eigenvalue weighted by Gasteiger charge is 2.37. The number of hydrogen-bond donors (Lipinski definition) is 1. The van der Waals surface area contributed by atoms with E-state index in [2.05, 4.69) is 12.2 Å². The van der Waals surface area contributed by atoms with Gasteiger partial charge >= 0.3 is 0 Å². The quantitative estimate of drug-likeness (QED) is 0.463.